The molecule has 7 nitrogen and oxygen atoms in total. The van der Waals surface area contributed by atoms with Crippen molar-refractivity contribution >= 4 is 27.6 Å². The summed E-state index contributed by atoms with van der Waals surface area (Å²) in [6.07, 6.45) is 2.48. The quantitative estimate of drug-likeness (QED) is 0.843. The summed E-state index contributed by atoms with van der Waals surface area (Å²) in [5.41, 5.74) is 1.17. The molecule has 2 aromatic rings. The zero-order valence-electron chi connectivity index (χ0n) is 12.1. The van der Waals surface area contributed by atoms with E-state index in [0.717, 1.165) is 35.3 Å². The van der Waals surface area contributed by atoms with E-state index in [0.29, 0.717) is 26.2 Å². The van der Waals surface area contributed by atoms with Gasteiger partial charge in [0.25, 0.3) is 5.56 Å². The van der Waals surface area contributed by atoms with Crippen LogP contribution in [0.4, 0.5) is 4.79 Å². The Morgan fingerprint density at radius 2 is 2.18 bits per heavy atom. The lowest BCUT2D eigenvalue weighted by molar-refractivity contribution is 0.215. The van der Waals surface area contributed by atoms with E-state index in [-0.39, 0.29) is 11.6 Å². The van der Waals surface area contributed by atoms with Crippen LogP contribution in [0.2, 0.25) is 0 Å². The molecule has 1 fully saturated rings. The van der Waals surface area contributed by atoms with E-state index in [4.69, 9.17) is 0 Å². The number of amides is 2. The lowest BCUT2D eigenvalue weighted by Gasteiger charge is -2.15. The van der Waals surface area contributed by atoms with Crippen molar-refractivity contribution in [2.45, 2.75) is 19.5 Å². The molecule has 0 radical (unpaired) electrons. The maximum atomic E-state index is 12.7. The lowest BCUT2D eigenvalue weighted by Crippen LogP contribution is -2.33. The van der Waals surface area contributed by atoms with E-state index in [2.05, 4.69) is 15.6 Å². The average molecular weight is 319 g/mol. The first-order chi connectivity index (χ1) is 10.7. The van der Waals surface area contributed by atoms with Crippen LogP contribution in [-0.4, -0.2) is 46.7 Å². The molecule has 2 N–H and O–H groups in total. The standard InChI is InChI=1S/C14H17N5O2S/c20-13-11-9-1-2-15-7-10(9)22-12(11)17-8-19(13)6-5-18-4-3-16-14(18)21/h8,15H,1-7H2,(H,16,21). The van der Waals surface area contributed by atoms with Crippen molar-refractivity contribution in [3.8, 4) is 0 Å². The van der Waals surface area contributed by atoms with E-state index < -0.39 is 0 Å². The Kier molecular flexibility index (Phi) is 3.34. The van der Waals surface area contributed by atoms with Crippen LogP contribution in [0, 0.1) is 0 Å². The molecule has 2 aliphatic heterocycles. The van der Waals surface area contributed by atoms with Crippen molar-refractivity contribution in [3.05, 3.63) is 27.1 Å². The van der Waals surface area contributed by atoms with Gasteiger partial charge < -0.3 is 15.5 Å². The topological polar surface area (TPSA) is 79.3 Å². The first-order valence-electron chi connectivity index (χ1n) is 7.47. The van der Waals surface area contributed by atoms with Crippen molar-refractivity contribution in [3.63, 3.8) is 0 Å². The van der Waals surface area contributed by atoms with Gasteiger partial charge in [-0.3, -0.25) is 9.36 Å². The predicted octanol–water partition coefficient (Wildman–Crippen LogP) is 0.129. The molecule has 22 heavy (non-hydrogen) atoms. The van der Waals surface area contributed by atoms with Crippen LogP contribution in [0.15, 0.2) is 11.1 Å². The van der Waals surface area contributed by atoms with Crippen LogP contribution in [0.25, 0.3) is 10.2 Å². The van der Waals surface area contributed by atoms with E-state index >= 15 is 0 Å². The molecular weight excluding hydrogens is 302 g/mol. The highest BCUT2D eigenvalue weighted by Gasteiger charge is 2.21. The van der Waals surface area contributed by atoms with Crippen molar-refractivity contribution in [1.29, 1.82) is 0 Å². The van der Waals surface area contributed by atoms with E-state index in [1.54, 1.807) is 27.1 Å². The zero-order chi connectivity index (χ0) is 15.1. The number of thiophene rings is 1. The second-order valence-corrected chi connectivity index (χ2v) is 6.66. The van der Waals surface area contributed by atoms with E-state index in [1.165, 1.54) is 4.88 Å². The average Bonchev–Trinajstić information content (AvgIpc) is 3.10. The molecule has 0 spiro atoms. The Bertz CT molecular complexity index is 796. The molecule has 116 valence electrons. The minimum absolute atomic E-state index is 0.0176. The number of aromatic nitrogens is 2. The van der Waals surface area contributed by atoms with Gasteiger partial charge >= 0.3 is 6.03 Å². The number of carbonyl (C=O) groups excluding carboxylic acids is 1. The third kappa shape index (κ3) is 2.19. The maximum Gasteiger partial charge on any atom is 0.317 e. The van der Waals surface area contributed by atoms with Crippen molar-refractivity contribution in [1.82, 2.24) is 25.1 Å². The van der Waals surface area contributed by atoms with Gasteiger partial charge in [-0.05, 0) is 18.5 Å². The number of carbonyl (C=O) groups is 1. The molecule has 0 unspecified atom stereocenters. The third-order valence-corrected chi connectivity index (χ3v) is 5.39. The third-order valence-electron chi connectivity index (χ3n) is 4.25. The van der Waals surface area contributed by atoms with Crippen LogP contribution in [0.1, 0.15) is 10.4 Å². The first kappa shape index (κ1) is 13.7. The fourth-order valence-corrected chi connectivity index (χ4v) is 4.21. The highest BCUT2D eigenvalue weighted by molar-refractivity contribution is 7.18. The van der Waals surface area contributed by atoms with Gasteiger partial charge in [-0.15, -0.1) is 11.3 Å². The number of urea groups is 1. The molecule has 0 atom stereocenters. The van der Waals surface area contributed by atoms with Gasteiger partial charge in [0.2, 0.25) is 0 Å². The smallest absolute Gasteiger partial charge is 0.317 e. The summed E-state index contributed by atoms with van der Waals surface area (Å²) >= 11 is 1.60. The molecule has 0 saturated carbocycles. The van der Waals surface area contributed by atoms with Crippen LogP contribution in [0.5, 0.6) is 0 Å². The van der Waals surface area contributed by atoms with Gasteiger partial charge in [-0.2, -0.15) is 0 Å². The van der Waals surface area contributed by atoms with Gasteiger partial charge in [-0.25, -0.2) is 9.78 Å². The molecule has 0 bridgehead atoms. The number of hydrogen-bond acceptors (Lipinski definition) is 5. The van der Waals surface area contributed by atoms with Crippen molar-refractivity contribution < 1.29 is 4.79 Å². The van der Waals surface area contributed by atoms with Crippen molar-refractivity contribution in [2.24, 2.45) is 0 Å². The first-order valence-corrected chi connectivity index (χ1v) is 8.29. The van der Waals surface area contributed by atoms with Crippen LogP contribution < -0.4 is 16.2 Å². The van der Waals surface area contributed by atoms with Gasteiger partial charge in [0.15, 0.2) is 0 Å². The second kappa shape index (κ2) is 5.36. The summed E-state index contributed by atoms with van der Waals surface area (Å²) in [4.78, 5) is 32.5. The van der Waals surface area contributed by atoms with Gasteiger partial charge in [-0.1, -0.05) is 0 Å². The van der Waals surface area contributed by atoms with Gasteiger partial charge in [0, 0.05) is 37.6 Å². The summed E-state index contributed by atoms with van der Waals surface area (Å²) in [5, 5.41) is 6.86. The Labute approximate surface area is 130 Å². The molecule has 2 aromatic heterocycles. The molecule has 2 aliphatic rings. The maximum absolute atomic E-state index is 12.7. The highest BCUT2D eigenvalue weighted by atomic mass is 32.1. The molecule has 0 aromatic carbocycles. The second-order valence-electron chi connectivity index (χ2n) is 5.57. The number of nitrogens with zero attached hydrogens (tertiary/aromatic N) is 3. The van der Waals surface area contributed by atoms with Gasteiger partial charge in [0.1, 0.15) is 4.83 Å². The molecule has 0 aliphatic carbocycles. The molecule has 4 rings (SSSR count). The number of fused-ring (bicyclic) bond motifs is 3. The normalized spacial score (nSPS) is 17.8. The lowest BCUT2D eigenvalue weighted by atomic mass is 10.1. The summed E-state index contributed by atoms with van der Waals surface area (Å²) in [7, 11) is 0. The van der Waals surface area contributed by atoms with E-state index in [9.17, 15) is 9.59 Å². The SMILES string of the molecule is O=C1NCCN1CCn1cnc2sc3c(c2c1=O)CCNC3. The minimum atomic E-state index is -0.0546. The fraction of sp³-hybridized carbons (Fsp3) is 0.500. The Hall–Kier alpha value is -1.93. The number of nitrogens with one attached hydrogen (secondary N) is 2. The minimum Gasteiger partial charge on any atom is -0.336 e. The monoisotopic (exact) mass is 319 g/mol. The van der Waals surface area contributed by atoms with Gasteiger partial charge in [0.05, 0.1) is 11.7 Å². The largest absolute Gasteiger partial charge is 0.336 e. The van der Waals surface area contributed by atoms with Crippen LogP contribution >= 0.6 is 11.3 Å². The highest BCUT2D eigenvalue weighted by Crippen LogP contribution is 2.29. The van der Waals surface area contributed by atoms with E-state index in [1.807, 2.05) is 0 Å². The predicted molar refractivity (Wildman–Crippen MR) is 84.3 cm³/mol. The number of rotatable bonds is 3. The van der Waals surface area contributed by atoms with Crippen molar-refractivity contribution in [2.75, 3.05) is 26.2 Å². The zero-order valence-corrected chi connectivity index (χ0v) is 12.9. The summed E-state index contributed by atoms with van der Waals surface area (Å²) < 4.78 is 1.63. The summed E-state index contributed by atoms with van der Waals surface area (Å²) in [5.74, 6) is 0. The fourth-order valence-electron chi connectivity index (χ4n) is 3.06. The Morgan fingerprint density at radius 1 is 1.27 bits per heavy atom. The summed E-state index contributed by atoms with van der Waals surface area (Å²) in [6, 6.07) is -0.0546. The number of hydrogen-bond donors (Lipinski definition) is 2. The summed E-state index contributed by atoms with van der Waals surface area (Å²) in [6.45, 7) is 4.12. The van der Waals surface area contributed by atoms with Crippen LogP contribution in [0.3, 0.4) is 0 Å². The molecule has 4 heterocycles. The molecular formula is C14H17N5O2S. The molecule has 8 heteroatoms. The Balaban J connectivity index is 1.65. The molecule has 1 saturated heterocycles. The molecule has 2 amide bonds. The Morgan fingerprint density at radius 3 is 3.00 bits per heavy atom. The van der Waals surface area contributed by atoms with Crippen LogP contribution in [-0.2, 0) is 19.5 Å².